The zero-order valence-corrected chi connectivity index (χ0v) is 11.6. The highest BCUT2D eigenvalue weighted by Crippen LogP contribution is 2.23. The van der Waals surface area contributed by atoms with Gasteiger partial charge in [-0.3, -0.25) is 4.79 Å². The van der Waals surface area contributed by atoms with Gasteiger partial charge in [-0.1, -0.05) is 11.6 Å². The minimum atomic E-state index is -0.160. The van der Waals surface area contributed by atoms with Crippen molar-refractivity contribution in [1.82, 2.24) is 9.55 Å². The maximum atomic E-state index is 12.0. The maximum absolute atomic E-state index is 12.0. The number of hydrogen-bond acceptors (Lipinski definition) is 3. The molecule has 0 saturated carbocycles. The summed E-state index contributed by atoms with van der Waals surface area (Å²) in [6.07, 6.45) is 1.75. The van der Waals surface area contributed by atoms with Gasteiger partial charge in [-0.2, -0.15) is 0 Å². The average molecular weight is 292 g/mol. The predicted octanol–water partition coefficient (Wildman–Crippen LogP) is 3.54. The molecule has 0 aliphatic rings. The number of aryl methyl sites for hydroxylation is 1. The van der Waals surface area contributed by atoms with Crippen LogP contribution in [0, 0.1) is 0 Å². The molecule has 6 heteroatoms. The zero-order valence-electron chi connectivity index (χ0n) is 10.1. The summed E-state index contributed by atoms with van der Waals surface area (Å²) in [6, 6.07) is 9.06. The van der Waals surface area contributed by atoms with Crippen LogP contribution in [-0.2, 0) is 7.05 Å². The second-order valence-corrected chi connectivity index (χ2v) is 5.83. The van der Waals surface area contributed by atoms with Crippen molar-refractivity contribution in [1.29, 1.82) is 0 Å². The van der Waals surface area contributed by atoms with Crippen LogP contribution in [0.4, 0.5) is 5.69 Å². The first kappa shape index (κ1) is 12.2. The fourth-order valence-electron chi connectivity index (χ4n) is 1.84. The van der Waals surface area contributed by atoms with Crippen molar-refractivity contribution in [2.45, 2.75) is 0 Å². The summed E-state index contributed by atoms with van der Waals surface area (Å²) in [5.74, 6) is -0.160. The number of nitrogens with one attached hydrogen (secondary N) is 1. The van der Waals surface area contributed by atoms with Crippen molar-refractivity contribution in [3.8, 4) is 0 Å². The van der Waals surface area contributed by atoms with Crippen molar-refractivity contribution >= 4 is 45.6 Å². The summed E-state index contributed by atoms with van der Waals surface area (Å²) in [6.45, 7) is 0. The average Bonchev–Trinajstić information content (AvgIpc) is 2.97. The molecule has 0 aliphatic carbocycles. The molecule has 0 fully saturated rings. The third-order valence-electron chi connectivity index (χ3n) is 2.78. The van der Waals surface area contributed by atoms with Crippen molar-refractivity contribution < 1.29 is 4.79 Å². The van der Waals surface area contributed by atoms with Gasteiger partial charge in [0.1, 0.15) is 0 Å². The molecule has 3 rings (SSSR count). The number of halogens is 1. The monoisotopic (exact) mass is 291 g/mol. The number of thiophene rings is 1. The van der Waals surface area contributed by atoms with E-state index in [0.717, 1.165) is 16.7 Å². The van der Waals surface area contributed by atoms with Gasteiger partial charge in [0.05, 0.1) is 26.6 Å². The van der Waals surface area contributed by atoms with Crippen molar-refractivity contribution in [3.63, 3.8) is 0 Å². The SMILES string of the molecule is Cn1cnc2cc(NC(=O)c3ccc(Cl)s3)ccc21. The Morgan fingerprint density at radius 1 is 1.37 bits per heavy atom. The number of fused-ring (bicyclic) bond motifs is 1. The number of amides is 1. The number of nitrogens with zero attached hydrogens (tertiary/aromatic N) is 2. The van der Waals surface area contributed by atoms with E-state index in [2.05, 4.69) is 10.3 Å². The molecule has 2 heterocycles. The van der Waals surface area contributed by atoms with Gasteiger partial charge in [-0.05, 0) is 30.3 Å². The lowest BCUT2D eigenvalue weighted by Gasteiger charge is -2.03. The second kappa shape index (κ2) is 4.68. The van der Waals surface area contributed by atoms with E-state index in [1.54, 1.807) is 18.5 Å². The van der Waals surface area contributed by atoms with Crippen molar-refractivity contribution in [2.75, 3.05) is 5.32 Å². The highest BCUT2D eigenvalue weighted by Gasteiger charge is 2.09. The van der Waals surface area contributed by atoms with Gasteiger partial charge in [0, 0.05) is 12.7 Å². The van der Waals surface area contributed by atoms with Crippen molar-refractivity contribution in [2.24, 2.45) is 7.05 Å². The minimum Gasteiger partial charge on any atom is -0.334 e. The molecule has 1 aromatic carbocycles. The maximum Gasteiger partial charge on any atom is 0.265 e. The molecular weight excluding hydrogens is 282 g/mol. The Hall–Kier alpha value is -1.85. The Morgan fingerprint density at radius 2 is 2.21 bits per heavy atom. The molecule has 4 nitrogen and oxygen atoms in total. The quantitative estimate of drug-likeness (QED) is 0.785. The van der Waals surface area contributed by atoms with Crippen LogP contribution in [0.2, 0.25) is 4.34 Å². The number of carbonyl (C=O) groups is 1. The molecule has 19 heavy (non-hydrogen) atoms. The van der Waals surface area contributed by atoms with E-state index in [0.29, 0.717) is 9.21 Å². The molecule has 0 aliphatic heterocycles. The van der Waals surface area contributed by atoms with Gasteiger partial charge in [-0.25, -0.2) is 4.98 Å². The summed E-state index contributed by atoms with van der Waals surface area (Å²) in [5.41, 5.74) is 2.60. The van der Waals surface area contributed by atoms with E-state index in [1.807, 2.05) is 29.8 Å². The normalized spacial score (nSPS) is 10.8. The topological polar surface area (TPSA) is 46.9 Å². The van der Waals surface area contributed by atoms with Crippen LogP contribution in [0.15, 0.2) is 36.7 Å². The Labute approximate surface area is 118 Å². The van der Waals surface area contributed by atoms with E-state index in [-0.39, 0.29) is 5.91 Å². The summed E-state index contributed by atoms with van der Waals surface area (Å²) in [4.78, 5) is 16.8. The summed E-state index contributed by atoms with van der Waals surface area (Å²) >= 11 is 7.07. The van der Waals surface area contributed by atoms with Crippen LogP contribution >= 0.6 is 22.9 Å². The number of aromatic nitrogens is 2. The number of carbonyl (C=O) groups excluding carboxylic acids is 1. The van der Waals surface area contributed by atoms with Crippen LogP contribution < -0.4 is 5.32 Å². The predicted molar refractivity (Wildman–Crippen MR) is 78.0 cm³/mol. The van der Waals surface area contributed by atoms with Crippen LogP contribution in [0.1, 0.15) is 9.67 Å². The summed E-state index contributed by atoms with van der Waals surface area (Å²) < 4.78 is 2.53. The highest BCUT2D eigenvalue weighted by atomic mass is 35.5. The fraction of sp³-hybridized carbons (Fsp3) is 0.0769. The summed E-state index contributed by atoms with van der Waals surface area (Å²) in [5, 5.41) is 2.84. The Morgan fingerprint density at radius 3 is 2.95 bits per heavy atom. The van der Waals surface area contributed by atoms with Gasteiger partial charge in [0.25, 0.3) is 5.91 Å². The van der Waals surface area contributed by atoms with Gasteiger partial charge < -0.3 is 9.88 Å². The Kier molecular flexibility index (Phi) is 3.00. The van der Waals surface area contributed by atoms with E-state index >= 15 is 0 Å². The summed E-state index contributed by atoms with van der Waals surface area (Å²) in [7, 11) is 1.93. The van der Waals surface area contributed by atoms with E-state index in [4.69, 9.17) is 11.6 Å². The smallest absolute Gasteiger partial charge is 0.265 e. The largest absolute Gasteiger partial charge is 0.334 e. The zero-order chi connectivity index (χ0) is 13.4. The number of anilines is 1. The Balaban J connectivity index is 1.87. The van der Waals surface area contributed by atoms with Gasteiger partial charge in [0.15, 0.2) is 0 Å². The molecule has 0 atom stereocenters. The lowest BCUT2D eigenvalue weighted by atomic mass is 10.2. The van der Waals surface area contributed by atoms with Crippen LogP contribution in [0.3, 0.4) is 0 Å². The molecular formula is C13H10ClN3OS. The molecule has 2 aromatic heterocycles. The molecule has 0 radical (unpaired) electrons. The van der Waals surface area contributed by atoms with E-state index in [1.165, 1.54) is 11.3 Å². The van der Waals surface area contributed by atoms with Gasteiger partial charge in [-0.15, -0.1) is 11.3 Å². The van der Waals surface area contributed by atoms with Gasteiger partial charge >= 0.3 is 0 Å². The van der Waals surface area contributed by atoms with Crippen LogP contribution in [0.5, 0.6) is 0 Å². The molecule has 0 unspecified atom stereocenters. The molecule has 96 valence electrons. The number of hydrogen-bond donors (Lipinski definition) is 1. The number of imidazole rings is 1. The third kappa shape index (κ3) is 2.34. The first-order valence-corrected chi connectivity index (χ1v) is 6.81. The lowest BCUT2D eigenvalue weighted by Crippen LogP contribution is -2.09. The Bertz CT molecular complexity index is 762. The standard InChI is InChI=1S/C13H10ClN3OS/c1-17-7-15-9-6-8(2-3-10(9)17)16-13(18)11-4-5-12(14)19-11/h2-7H,1H3,(H,16,18). The second-order valence-electron chi connectivity index (χ2n) is 4.12. The molecule has 0 spiro atoms. The van der Waals surface area contributed by atoms with Crippen molar-refractivity contribution in [3.05, 3.63) is 45.9 Å². The van der Waals surface area contributed by atoms with E-state index < -0.39 is 0 Å². The highest BCUT2D eigenvalue weighted by molar-refractivity contribution is 7.18. The molecule has 1 N–H and O–H groups in total. The molecule has 0 saturated heterocycles. The lowest BCUT2D eigenvalue weighted by molar-refractivity contribution is 0.103. The molecule has 0 bridgehead atoms. The van der Waals surface area contributed by atoms with Crippen LogP contribution in [-0.4, -0.2) is 15.5 Å². The first-order chi connectivity index (χ1) is 9.13. The van der Waals surface area contributed by atoms with E-state index in [9.17, 15) is 4.79 Å². The minimum absolute atomic E-state index is 0.160. The van der Waals surface area contributed by atoms with Crippen LogP contribution in [0.25, 0.3) is 11.0 Å². The number of benzene rings is 1. The third-order valence-corrected chi connectivity index (χ3v) is 4.01. The number of rotatable bonds is 2. The fourth-order valence-corrected chi connectivity index (χ4v) is 2.78. The molecule has 1 amide bonds. The first-order valence-electron chi connectivity index (χ1n) is 5.61. The molecule has 3 aromatic rings. The van der Waals surface area contributed by atoms with Gasteiger partial charge in [0.2, 0.25) is 0 Å².